The van der Waals surface area contributed by atoms with Crippen LogP contribution in [0, 0.1) is 5.92 Å². The SMILES string of the molecule is CC(C)CC1OC(O)C1O. The number of aliphatic hydroxyl groups excluding tert-OH is 2. The molecule has 1 saturated heterocycles. The molecule has 0 amide bonds. The lowest BCUT2D eigenvalue weighted by molar-refractivity contribution is -0.308. The minimum absolute atomic E-state index is 0.144. The van der Waals surface area contributed by atoms with Gasteiger partial charge in [0, 0.05) is 0 Å². The summed E-state index contributed by atoms with van der Waals surface area (Å²) in [6.07, 6.45) is -0.931. The maximum atomic E-state index is 9.05. The Kier molecular flexibility index (Phi) is 2.28. The van der Waals surface area contributed by atoms with Gasteiger partial charge in [-0.05, 0) is 12.3 Å². The van der Waals surface area contributed by atoms with Gasteiger partial charge in [-0.2, -0.15) is 0 Å². The van der Waals surface area contributed by atoms with E-state index in [-0.39, 0.29) is 6.10 Å². The highest BCUT2D eigenvalue weighted by molar-refractivity contribution is 4.81. The summed E-state index contributed by atoms with van der Waals surface area (Å²) in [5.41, 5.74) is 0. The van der Waals surface area contributed by atoms with E-state index in [9.17, 15) is 0 Å². The smallest absolute Gasteiger partial charge is 0.183 e. The molecule has 1 aliphatic heterocycles. The van der Waals surface area contributed by atoms with Gasteiger partial charge in [0.2, 0.25) is 0 Å². The van der Waals surface area contributed by atoms with Crippen LogP contribution in [0.1, 0.15) is 20.3 Å². The van der Waals surface area contributed by atoms with Crippen molar-refractivity contribution in [2.45, 2.75) is 38.8 Å². The van der Waals surface area contributed by atoms with Crippen LogP contribution in [0.15, 0.2) is 0 Å². The summed E-state index contributed by atoms with van der Waals surface area (Å²) >= 11 is 0. The van der Waals surface area contributed by atoms with E-state index in [2.05, 4.69) is 13.8 Å². The molecule has 0 aromatic rings. The highest BCUT2D eigenvalue weighted by Crippen LogP contribution is 2.24. The van der Waals surface area contributed by atoms with Crippen molar-refractivity contribution in [3.8, 4) is 0 Å². The van der Waals surface area contributed by atoms with Gasteiger partial charge in [-0.25, -0.2) is 0 Å². The highest BCUT2D eigenvalue weighted by atomic mass is 16.7. The predicted octanol–water partition coefficient (Wildman–Crippen LogP) is 0.111. The van der Waals surface area contributed by atoms with Crippen LogP contribution in [0.3, 0.4) is 0 Å². The third-order valence-electron chi connectivity index (χ3n) is 1.69. The molecule has 0 radical (unpaired) electrons. The number of hydrogen-bond donors (Lipinski definition) is 2. The Morgan fingerprint density at radius 1 is 1.40 bits per heavy atom. The van der Waals surface area contributed by atoms with Gasteiger partial charge in [0.15, 0.2) is 6.29 Å². The molecule has 1 heterocycles. The molecule has 1 aliphatic rings. The molecule has 0 aromatic carbocycles. The second-order valence-electron chi connectivity index (χ2n) is 3.19. The van der Waals surface area contributed by atoms with Crippen molar-refractivity contribution in [3.63, 3.8) is 0 Å². The first-order valence-electron chi connectivity index (χ1n) is 3.63. The van der Waals surface area contributed by atoms with Crippen molar-refractivity contribution in [1.29, 1.82) is 0 Å². The van der Waals surface area contributed by atoms with Crippen molar-refractivity contribution < 1.29 is 14.9 Å². The second-order valence-corrected chi connectivity index (χ2v) is 3.19. The van der Waals surface area contributed by atoms with Crippen molar-refractivity contribution in [2.24, 2.45) is 5.92 Å². The molecule has 3 nitrogen and oxygen atoms in total. The van der Waals surface area contributed by atoms with Gasteiger partial charge in [-0.3, -0.25) is 0 Å². The van der Waals surface area contributed by atoms with E-state index in [4.69, 9.17) is 14.9 Å². The molecule has 60 valence electrons. The molecule has 3 heteroatoms. The third kappa shape index (κ3) is 1.48. The Hall–Kier alpha value is -0.120. The first-order valence-corrected chi connectivity index (χ1v) is 3.63. The zero-order valence-corrected chi connectivity index (χ0v) is 6.32. The van der Waals surface area contributed by atoms with E-state index in [0.29, 0.717) is 5.92 Å². The molecule has 3 unspecified atom stereocenters. The van der Waals surface area contributed by atoms with Crippen LogP contribution >= 0.6 is 0 Å². The minimum Gasteiger partial charge on any atom is -0.385 e. The summed E-state index contributed by atoms with van der Waals surface area (Å²) < 4.78 is 4.87. The van der Waals surface area contributed by atoms with Crippen LogP contribution in [0.2, 0.25) is 0 Å². The summed E-state index contributed by atoms with van der Waals surface area (Å²) in [6.45, 7) is 4.11. The zero-order valence-electron chi connectivity index (χ0n) is 6.32. The lowest BCUT2D eigenvalue weighted by Crippen LogP contribution is -2.53. The fourth-order valence-electron chi connectivity index (χ4n) is 1.09. The topological polar surface area (TPSA) is 49.7 Å². The first kappa shape index (κ1) is 7.98. The van der Waals surface area contributed by atoms with Crippen LogP contribution in [-0.2, 0) is 4.74 Å². The number of ether oxygens (including phenoxy) is 1. The van der Waals surface area contributed by atoms with E-state index in [0.717, 1.165) is 6.42 Å². The summed E-state index contributed by atoms with van der Waals surface area (Å²) in [7, 11) is 0. The maximum Gasteiger partial charge on any atom is 0.183 e. The van der Waals surface area contributed by atoms with Crippen LogP contribution < -0.4 is 0 Å². The van der Waals surface area contributed by atoms with E-state index < -0.39 is 12.4 Å². The minimum atomic E-state index is -0.941. The Bertz CT molecular complexity index is 113. The molecular formula is C7H14O3. The van der Waals surface area contributed by atoms with Crippen LogP contribution in [-0.4, -0.2) is 28.7 Å². The van der Waals surface area contributed by atoms with Crippen LogP contribution in [0.5, 0.6) is 0 Å². The average molecular weight is 146 g/mol. The normalized spacial score (nSPS) is 39.9. The predicted molar refractivity (Wildman–Crippen MR) is 36.3 cm³/mol. The van der Waals surface area contributed by atoms with Crippen molar-refractivity contribution >= 4 is 0 Å². The van der Waals surface area contributed by atoms with Gasteiger partial charge in [-0.15, -0.1) is 0 Å². The van der Waals surface area contributed by atoms with Gasteiger partial charge < -0.3 is 14.9 Å². The fraction of sp³-hybridized carbons (Fsp3) is 1.00. The molecule has 2 N–H and O–H groups in total. The Labute approximate surface area is 60.6 Å². The Morgan fingerprint density at radius 3 is 2.30 bits per heavy atom. The molecule has 1 rings (SSSR count). The average Bonchev–Trinajstić information content (AvgIpc) is 1.86. The van der Waals surface area contributed by atoms with Gasteiger partial charge in [-0.1, -0.05) is 13.8 Å². The summed E-state index contributed by atoms with van der Waals surface area (Å²) in [5, 5.41) is 17.8. The third-order valence-corrected chi connectivity index (χ3v) is 1.69. The molecule has 0 spiro atoms. The molecule has 0 aliphatic carbocycles. The van der Waals surface area contributed by atoms with Crippen molar-refractivity contribution in [3.05, 3.63) is 0 Å². The number of hydrogen-bond acceptors (Lipinski definition) is 3. The van der Waals surface area contributed by atoms with Crippen LogP contribution in [0.25, 0.3) is 0 Å². The van der Waals surface area contributed by atoms with E-state index in [1.807, 2.05) is 0 Å². The van der Waals surface area contributed by atoms with E-state index >= 15 is 0 Å². The van der Waals surface area contributed by atoms with E-state index in [1.54, 1.807) is 0 Å². The monoisotopic (exact) mass is 146 g/mol. The van der Waals surface area contributed by atoms with Gasteiger partial charge >= 0.3 is 0 Å². The highest BCUT2D eigenvalue weighted by Gasteiger charge is 2.39. The van der Waals surface area contributed by atoms with Gasteiger partial charge in [0.1, 0.15) is 6.10 Å². The lowest BCUT2D eigenvalue weighted by Gasteiger charge is -2.38. The Morgan fingerprint density at radius 2 is 2.00 bits per heavy atom. The van der Waals surface area contributed by atoms with Gasteiger partial charge in [0.25, 0.3) is 0 Å². The molecule has 0 bridgehead atoms. The summed E-state index contributed by atoms with van der Waals surface area (Å²) in [6, 6.07) is 0. The molecule has 3 atom stereocenters. The van der Waals surface area contributed by atoms with Crippen molar-refractivity contribution in [2.75, 3.05) is 0 Å². The standard InChI is InChI=1S/C7H14O3/c1-4(2)3-5-6(8)7(9)10-5/h4-9H,3H2,1-2H3. The lowest BCUT2D eigenvalue weighted by atomic mass is 9.98. The summed E-state index contributed by atoms with van der Waals surface area (Å²) in [5.74, 6) is 0.507. The molecular weight excluding hydrogens is 132 g/mol. The maximum absolute atomic E-state index is 9.05. The second kappa shape index (κ2) is 2.86. The number of aliphatic hydroxyl groups is 2. The first-order chi connectivity index (χ1) is 4.61. The van der Waals surface area contributed by atoms with E-state index in [1.165, 1.54) is 0 Å². The van der Waals surface area contributed by atoms with Crippen LogP contribution in [0.4, 0.5) is 0 Å². The fourth-order valence-corrected chi connectivity index (χ4v) is 1.09. The van der Waals surface area contributed by atoms with Gasteiger partial charge in [0.05, 0.1) is 6.10 Å². The largest absolute Gasteiger partial charge is 0.385 e. The Balaban J connectivity index is 2.20. The number of rotatable bonds is 2. The molecule has 1 fully saturated rings. The molecule has 0 aromatic heterocycles. The zero-order chi connectivity index (χ0) is 7.72. The molecule has 0 saturated carbocycles. The summed E-state index contributed by atoms with van der Waals surface area (Å²) in [4.78, 5) is 0. The molecule has 10 heavy (non-hydrogen) atoms. The van der Waals surface area contributed by atoms with Crippen molar-refractivity contribution in [1.82, 2.24) is 0 Å². The quantitative estimate of drug-likeness (QED) is 0.581.